The van der Waals surface area contributed by atoms with Gasteiger partial charge in [0.05, 0.1) is 17.5 Å². The van der Waals surface area contributed by atoms with Gasteiger partial charge in [0.2, 0.25) is 5.16 Å². The number of fused-ring (bicyclic) bond motifs is 1. The molecule has 1 N–H and O–H groups in total. The van der Waals surface area contributed by atoms with Crippen LogP contribution >= 0.6 is 11.8 Å². The van der Waals surface area contributed by atoms with E-state index in [-0.39, 0.29) is 11.1 Å². The molecule has 0 atom stereocenters. The van der Waals surface area contributed by atoms with Crippen molar-refractivity contribution in [2.45, 2.75) is 10.2 Å². The van der Waals surface area contributed by atoms with Crippen molar-refractivity contribution < 1.29 is 4.79 Å². The van der Waals surface area contributed by atoms with Crippen LogP contribution in [0.3, 0.4) is 0 Å². The Kier molecular flexibility index (Phi) is 5.91. The molecule has 0 radical (unpaired) electrons. The van der Waals surface area contributed by atoms with Crippen LogP contribution in [-0.4, -0.2) is 41.7 Å². The molecular weight excluding hydrogens is 452 g/mol. The first-order valence-corrected chi connectivity index (χ1v) is 10.9. The molecule has 0 aliphatic carbocycles. The maximum absolute atomic E-state index is 13.2. The molecular formula is C23H16N8O2S. The van der Waals surface area contributed by atoms with Gasteiger partial charge in [-0.3, -0.25) is 14.0 Å². The topological polar surface area (TPSA) is 119 Å². The van der Waals surface area contributed by atoms with E-state index in [0.29, 0.717) is 21.4 Å². The van der Waals surface area contributed by atoms with E-state index < -0.39 is 5.91 Å². The number of para-hydroxylation sites is 1. The first kappa shape index (κ1) is 21.2. The molecule has 11 heteroatoms. The third-order valence-electron chi connectivity index (χ3n) is 4.76. The van der Waals surface area contributed by atoms with Gasteiger partial charge in [-0.2, -0.15) is 9.78 Å². The average molecular weight is 469 g/mol. The number of rotatable bonds is 6. The minimum absolute atomic E-state index is 0.185. The monoisotopic (exact) mass is 468 g/mol. The fraction of sp³-hybridized carbons (Fsp3) is 0. The number of nitrogens with zero attached hydrogens (tertiary/aromatic N) is 7. The third-order valence-corrected chi connectivity index (χ3v) is 5.70. The maximum atomic E-state index is 13.2. The molecule has 5 rings (SSSR count). The highest BCUT2D eigenvalue weighted by atomic mass is 32.2. The molecule has 0 saturated carbocycles. The van der Waals surface area contributed by atoms with Crippen LogP contribution in [0.4, 0.5) is 0 Å². The second-order valence-corrected chi connectivity index (χ2v) is 7.90. The summed E-state index contributed by atoms with van der Waals surface area (Å²) in [7, 11) is 0. The molecule has 34 heavy (non-hydrogen) atoms. The molecule has 3 aromatic heterocycles. The third kappa shape index (κ3) is 4.32. The van der Waals surface area contributed by atoms with Crippen molar-refractivity contribution in [2.75, 3.05) is 0 Å². The Morgan fingerprint density at radius 2 is 1.71 bits per heavy atom. The van der Waals surface area contributed by atoms with Crippen LogP contribution in [0.15, 0.2) is 105 Å². The van der Waals surface area contributed by atoms with Gasteiger partial charge in [0.25, 0.3) is 11.5 Å². The molecule has 0 bridgehead atoms. The van der Waals surface area contributed by atoms with Crippen molar-refractivity contribution in [2.24, 2.45) is 5.10 Å². The zero-order valence-electron chi connectivity index (χ0n) is 17.5. The lowest BCUT2D eigenvalue weighted by atomic mass is 10.2. The van der Waals surface area contributed by atoms with Crippen molar-refractivity contribution in [3.63, 3.8) is 0 Å². The van der Waals surface area contributed by atoms with Crippen LogP contribution in [0.2, 0.25) is 0 Å². The summed E-state index contributed by atoms with van der Waals surface area (Å²) >= 11 is 1.13. The highest BCUT2D eigenvalue weighted by Gasteiger charge is 2.17. The Hall–Kier alpha value is -4.64. The Morgan fingerprint density at radius 3 is 2.50 bits per heavy atom. The van der Waals surface area contributed by atoms with Gasteiger partial charge in [-0.15, -0.1) is 5.10 Å². The Morgan fingerprint density at radius 1 is 0.971 bits per heavy atom. The summed E-state index contributed by atoms with van der Waals surface area (Å²) in [5.74, 6) is -0.395. The molecule has 3 heterocycles. The highest BCUT2D eigenvalue weighted by Crippen LogP contribution is 2.27. The van der Waals surface area contributed by atoms with Crippen molar-refractivity contribution in [1.82, 2.24) is 35.0 Å². The number of hydrazone groups is 1. The predicted octanol–water partition coefficient (Wildman–Crippen LogP) is 2.59. The van der Waals surface area contributed by atoms with E-state index in [1.165, 1.54) is 10.6 Å². The second kappa shape index (κ2) is 9.46. The average Bonchev–Trinajstić information content (AvgIpc) is 3.35. The highest BCUT2D eigenvalue weighted by molar-refractivity contribution is 7.99. The number of amides is 1. The Labute approximate surface area is 197 Å². The molecule has 0 aliphatic rings. The molecule has 0 saturated heterocycles. The van der Waals surface area contributed by atoms with Gasteiger partial charge in [-0.1, -0.05) is 42.5 Å². The lowest BCUT2D eigenvalue weighted by Gasteiger charge is -2.08. The SMILES string of the molecule is O=C(N/N=C\c1c(Sc2nnnn2-c2ccccc2)nc2ccccn2c1=O)c1ccccc1. The summed E-state index contributed by atoms with van der Waals surface area (Å²) in [6.45, 7) is 0. The van der Waals surface area contributed by atoms with E-state index in [2.05, 4.69) is 31.0 Å². The zero-order chi connectivity index (χ0) is 23.3. The minimum atomic E-state index is -0.395. The van der Waals surface area contributed by atoms with Gasteiger partial charge in [0, 0.05) is 11.8 Å². The standard InChI is InChI=1S/C23H16N8O2S/c32-20(16-9-3-1-4-10-16)26-24-15-18-21(25-19-13-7-8-14-30(19)22(18)33)34-23-27-28-29-31(23)17-11-5-2-6-12-17/h1-15H,(H,26,32)/b24-15-. The van der Waals surface area contributed by atoms with Crippen molar-refractivity contribution in [1.29, 1.82) is 0 Å². The van der Waals surface area contributed by atoms with E-state index in [1.807, 2.05) is 36.4 Å². The molecule has 0 fully saturated rings. The summed E-state index contributed by atoms with van der Waals surface area (Å²) in [5.41, 5.74) is 3.96. The number of tetrazole rings is 1. The number of carbonyl (C=O) groups excluding carboxylic acids is 1. The van der Waals surface area contributed by atoms with Gasteiger partial charge < -0.3 is 0 Å². The van der Waals surface area contributed by atoms with Crippen LogP contribution in [0.5, 0.6) is 0 Å². The first-order valence-electron chi connectivity index (χ1n) is 10.1. The van der Waals surface area contributed by atoms with Crippen LogP contribution in [-0.2, 0) is 0 Å². The molecule has 0 spiro atoms. The van der Waals surface area contributed by atoms with Gasteiger partial charge in [0.15, 0.2) is 0 Å². The summed E-state index contributed by atoms with van der Waals surface area (Å²) in [5, 5.41) is 16.7. The lowest BCUT2D eigenvalue weighted by Crippen LogP contribution is -2.23. The Balaban J connectivity index is 1.52. The quantitative estimate of drug-likeness (QED) is 0.231. The largest absolute Gasteiger partial charge is 0.271 e. The number of nitrogens with one attached hydrogen (secondary N) is 1. The number of aromatic nitrogens is 6. The fourth-order valence-electron chi connectivity index (χ4n) is 3.14. The van der Waals surface area contributed by atoms with Crippen molar-refractivity contribution >= 4 is 29.5 Å². The smallest absolute Gasteiger partial charge is 0.268 e. The first-order chi connectivity index (χ1) is 16.7. The number of pyridine rings is 1. The van der Waals surface area contributed by atoms with Gasteiger partial charge in [-0.05, 0) is 58.6 Å². The summed E-state index contributed by atoms with van der Waals surface area (Å²) < 4.78 is 2.96. The van der Waals surface area contributed by atoms with Crippen LogP contribution < -0.4 is 11.0 Å². The lowest BCUT2D eigenvalue weighted by molar-refractivity contribution is 0.0955. The molecule has 166 valence electrons. The number of benzene rings is 2. The Bertz CT molecular complexity index is 1550. The van der Waals surface area contributed by atoms with E-state index in [9.17, 15) is 9.59 Å². The summed E-state index contributed by atoms with van der Waals surface area (Å²) in [6.07, 6.45) is 2.90. The van der Waals surface area contributed by atoms with Crippen molar-refractivity contribution in [3.8, 4) is 5.69 Å². The predicted molar refractivity (Wildman–Crippen MR) is 126 cm³/mol. The zero-order valence-corrected chi connectivity index (χ0v) is 18.3. The van der Waals surface area contributed by atoms with E-state index in [4.69, 9.17) is 0 Å². The molecule has 10 nitrogen and oxygen atoms in total. The number of hydrogen-bond donors (Lipinski definition) is 1. The fourth-order valence-corrected chi connectivity index (χ4v) is 4.01. The summed E-state index contributed by atoms with van der Waals surface area (Å²) in [6, 6.07) is 23.3. The van der Waals surface area contributed by atoms with Crippen LogP contribution in [0.25, 0.3) is 11.3 Å². The molecule has 1 amide bonds. The molecule has 0 unspecified atom stereocenters. The molecule has 5 aromatic rings. The van der Waals surface area contributed by atoms with E-state index >= 15 is 0 Å². The second-order valence-electron chi connectivity index (χ2n) is 6.94. The van der Waals surface area contributed by atoms with Gasteiger partial charge in [0.1, 0.15) is 10.7 Å². The minimum Gasteiger partial charge on any atom is -0.268 e. The summed E-state index contributed by atoms with van der Waals surface area (Å²) in [4.78, 5) is 30.2. The van der Waals surface area contributed by atoms with Gasteiger partial charge >= 0.3 is 0 Å². The van der Waals surface area contributed by atoms with E-state index in [1.54, 1.807) is 53.3 Å². The maximum Gasteiger partial charge on any atom is 0.271 e. The molecule has 2 aromatic carbocycles. The van der Waals surface area contributed by atoms with Crippen molar-refractivity contribution in [3.05, 3.63) is 107 Å². The van der Waals surface area contributed by atoms with Crippen LogP contribution in [0.1, 0.15) is 15.9 Å². The number of carbonyl (C=O) groups is 1. The van der Waals surface area contributed by atoms with E-state index in [0.717, 1.165) is 17.4 Å². The normalized spacial score (nSPS) is 11.2. The van der Waals surface area contributed by atoms with Crippen LogP contribution in [0, 0.1) is 0 Å². The molecule has 0 aliphatic heterocycles. The number of hydrogen-bond acceptors (Lipinski definition) is 8. The van der Waals surface area contributed by atoms with Gasteiger partial charge in [-0.25, -0.2) is 10.4 Å².